The number of fused-ring (bicyclic) bond motifs is 2. The maximum Gasteiger partial charge on any atom is 2.00 e. The van der Waals surface area contributed by atoms with Gasteiger partial charge in [-0.05, 0) is 59.3 Å². The first kappa shape index (κ1) is 41.1. The number of carboxylic acids is 2. The zero-order chi connectivity index (χ0) is 39.1. The predicted octanol–water partition coefficient (Wildman–Crippen LogP) is 5.89. The summed E-state index contributed by atoms with van der Waals surface area (Å²) in [6.45, 7) is 0. The SMILES string of the molecule is COc1ccc(C(N)=O)cc1N=Nc1c([O-])c(C(=O)O)cc2ccccc12.COc1ccc(C(N)=O)cc1N=Nc1c([O-])c(C(=O)O)cc2ccccc12.[Ca+2]. The minimum atomic E-state index is -1.35. The molecule has 0 aliphatic carbocycles. The van der Waals surface area contributed by atoms with Gasteiger partial charge in [-0.15, -0.1) is 10.2 Å². The number of nitrogens with two attached hydrogens (primary N) is 2. The number of hydrogen-bond donors (Lipinski definition) is 4. The average Bonchev–Trinajstić information content (AvgIpc) is 3.16. The smallest absolute Gasteiger partial charge is 0.870 e. The predicted molar refractivity (Wildman–Crippen MR) is 198 cm³/mol. The molecule has 0 unspecified atom stereocenters. The van der Waals surface area contributed by atoms with E-state index in [2.05, 4.69) is 20.5 Å². The van der Waals surface area contributed by atoms with Gasteiger partial charge in [0.25, 0.3) is 0 Å². The molecule has 0 bridgehead atoms. The third kappa shape index (κ3) is 9.13. The van der Waals surface area contributed by atoms with Crippen LogP contribution in [0.2, 0.25) is 0 Å². The second-order valence-corrected chi connectivity index (χ2v) is 11.2. The number of carboxylic acid groups (broad SMARTS) is 2. The molecule has 0 atom stereocenters. The fraction of sp³-hybridized carbons (Fsp3) is 0.0526. The van der Waals surface area contributed by atoms with Gasteiger partial charge in [0.1, 0.15) is 22.9 Å². The monoisotopic (exact) mass is 768 g/mol. The van der Waals surface area contributed by atoms with Crippen molar-refractivity contribution in [3.8, 4) is 23.0 Å². The van der Waals surface area contributed by atoms with Gasteiger partial charge < -0.3 is 41.4 Å². The van der Waals surface area contributed by atoms with Gasteiger partial charge >= 0.3 is 49.7 Å². The van der Waals surface area contributed by atoms with E-state index in [1.165, 1.54) is 62.8 Å². The molecule has 6 aromatic rings. The van der Waals surface area contributed by atoms with Crippen LogP contribution in [0.25, 0.3) is 21.5 Å². The molecule has 6 aromatic carbocycles. The zero-order valence-electron chi connectivity index (χ0n) is 29.0. The molecule has 272 valence electrons. The van der Waals surface area contributed by atoms with Gasteiger partial charge in [-0.25, -0.2) is 9.59 Å². The van der Waals surface area contributed by atoms with Gasteiger partial charge in [-0.1, -0.05) is 60.0 Å². The summed E-state index contributed by atoms with van der Waals surface area (Å²) in [5.74, 6) is -4.89. The summed E-state index contributed by atoms with van der Waals surface area (Å²) in [4.78, 5) is 45.5. The number of hydrogen-bond acceptors (Lipinski definition) is 12. The summed E-state index contributed by atoms with van der Waals surface area (Å²) in [6, 6.07) is 24.8. The van der Waals surface area contributed by atoms with Crippen LogP contribution in [-0.2, 0) is 0 Å². The topological polar surface area (TPSA) is 275 Å². The maximum atomic E-state index is 12.5. The van der Waals surface area contributed by atoms with E-state index in [1.807, 2.05) is 0 Å². The Balaban J connectivity index is 0.000000240. The summed E-state index contributed by atoms with van der Waals surface area (Å²) >= 11 is 0. The number of amides is 2. The Morgan fingerprint density at radius 3 is 1.25 bits per heavy atom. The Kier molecular flexibility index (Phi) is 13.4. The van der Waals surface area contributed by atoms with Crippen molar-refractivity contribution in [2.75, 3.05) is 14.2 Å². The van der Waals surface area contributed by atoms with Crippen molar-refractivity contribution in [3.05, 3.63) is 119 Å². The zero-order valence-corrected chi connectivity index (χ0v) is 31.3. The van der Waals surface area contributed by atoms with Gasteiger partial charge in [-0.3, -0.25) is 9.59 Å². The second kappa shape index (κ2) is 17.9. The molecule has 0 aliphatic heterocycles. The van der Waals surface area contributed by atoms with E-state index in [4.69, 9.17) is 20.9 Å². The van der Waals surface area contributed by atoms with Gasteiger partial charge in [0, 0.05) is 21.9 Å². The van der Waals surface area contributed by atoms with Crippen molar-refractivity contribution in [2.45, 2.75) is 0 Å². The van der Waals surface area contributed by atoms with E-state index in [0.29, 0.717) is 33.0 Å². The van der Waals surface area contributed by atoms with Gasteiger partial charge in [0.2, 0.25) is 11.8 Å². The summed E-state index contributed by atoms with van der Waals surface area (Å²) in [5.41, 5.74) is 10.2. The fourth-order valence-electron chi connectivity index (χ4n) is 5.19. The molecule has 17 heteroatoms. The maximum absolute atomic E-state index is 12.5. The Morgan fingerprint density at radius 2 is 0.927 bits per heavy atom. The largest absolute Gasteiger partial charge is 2.00 e. The van der Waals surface area contributed by atoms with Crippen molar-refractivity contribution >= 4 is 106 Å². The van der Waals surface area contributed by atoms with Crippen molar-refractivity contribution in [2.24, 2.45) is 31.9 Å². The molecule has 0 fully saturated rings. The molecule has 16 nitrogen and oxygen atoms in total. The first-order valence-electron chi connectivity index (χ1n) is 15.6. The Hall–Kier alpha value is -6.62. The number of primary amides is 2. The minimum absolute atomic E-state index is 0. The van der Waals surface area contributed by atoms with E-state index in [9.17, 15) is 39.6 Å². The second-order valence-electron chi connectivity index (χ2n) is 11.2. The van der Waals surface area contributed by atoms with Gasteiger partial charge in [0.15, 0.2) is 0 Å². The average molecular weight is 769 g/mol. The third-order valence-corrected chi connectivity index (χ3v) is 7.85. The van der Waals surface area contributed by atoms with Crippen LogP contribution in [0.15, 0.2) is 118 Å². The van der Waals surface area contributed by atoms with Crippen LogP contribution < -0.4 is 31.2 Å². The van der Waals surface area contributed by atoms with Crippen LogP contribution in [0, 0.1) is 0 Å². The Bertz CT molecular complexity index is 2370. The fourth-order valence-corrected chi connectivity index (χ4v) is 5.19. The molecule has 55 heavy (non-hydrogen) atoms. The normalized spacial score (nSPS) is 10.8. The Morgan fingerprint density at radius 1 is 0.564 bits per heavy atom. The molecule has 6 rings (SSSR count). The molecule has 0 heterocycles. The third-order valence-electron chi connectivity index (χ3n) is 7.85. The number of methoxy groups -OCH3 is 2. The molecule has 0 spiro atoms. The molecule has 0 saturated heterocycles. The molecular weight excluding hydrogens is 741 g/mol. The summed E-state index contributed by atoms with van der Waals surface area (Å²) in [5, 5.41) is 61.6. The van der Waals surface area contributed by atoms with Crippen LogP contribution in [0.3, 0.4) is 0 Å². The molecule has 0 aliphatic rings. The number of carbonyl (C=O) groups is 4. The molecular formula is C38H28CaN6O10. The van der Waals surface area contributed by atoms with Crippen LogP contribution in [0.1, 0.15) is 41.4 Å². The van der Waals surface area contributed by atoms with Crippen LogP contribution in [0.5, 0.6) is 23.0 Å². The molecule has 0 saturated carbocycles. The van der Waals surface area contributed by atoms with E-state index >= 15 is 0 Å². The summed E-state index contributed by atoms with van der Waals surface area (Å²) in [7, 11) is 2.83. The summed E-state index contributed by atoms with van der Waals surface area (Å²) < 4.78 is 10.3. The van der Waals surface area contributed by atoms with Crippen molar-refractivity contribution in [1.82, 2.24) is 0 Å². The first-order chi connectivity index (χ1) is 25.8. The van der Waals surface area contributed by atoms with Crippen LogP contribution in [-0.4, -0.2) is 85.9 Å². The quantitative estimate of drug-likeness (QED) is 0.0947. The number of aromatic carboxylic acids is 2. The number of benzene rings is 6. The van der Waals surface area contributed by atoms with E-state index in [1.54, 1.807) is 48.5 Å². The van der Waals surface area contributed by atoms with Gasteiger partial charge in [0.05, 0.1) is 36.7 Å². The molecule has 6 N–H and O–H groups in total. The standard InChI is InChI=1S/2C19H15N3O5.Ca/c2*1-27-15-7-6-11(18(20)24)9-14(15)21-22-16-12-5-3-2-4-10(12)8-13(17(16)23)19(25)26;/h2*2-9,23H,1H3,(H2,20,24)(H,25,26);/q;;+2/p-2. The van der Waals surface area contributed by atoms with E-state index in [0.717, 1.165) is 0 Å². The van der Waals surface area contributed by atoms with Crippen molar-refractivity contribution in [3.63, 3.8) is 0 Å². The van der Waals surface area contributed by atoms with Gasteiger partial charge in [-0.2, -0.15) is 10.2 Å². The number of ether oxygens (including phenoxy) is 2. The number of nitrogens with zero attached hydrogens (tertiary/aromatic N) is 4. The van der Waals surface area contributed by atoms with Crippen LogP contribution in [0.4, 0.5) is 22.7 Å². The van der Waals surface area contributed by atoms with Crippen LogP contribution >= 0.6 is 0 Å². The summed E-state index contributed by atoms with van der Waals surface area (Å²) in [6.07, 6.45) is 0. The van der Waals surface area contributed by atoms with E-state index < -0.39 is 46.4 Å². The molecule has 0 aromatic heterocycles. The number of azo groups is 2. The molecule has 0 radical (unpaired) electrons. The first-order valence-corrected chi connectivity index (χ1v) is 15.6. The minimum Gasteiger partial charge on any atom is -0.870 e. The molecule has 2 amide bonds. The van der Waals surface area contributed by atoms with Crippen molar-refractivity contribution < 1.29 is 49.1 Å². The van der Waals surface area contributed by atoms with Crippen molar-refractivity contribution in [1.29, 1.82) is 0 Å². The Labute approximate surface area is 341 Å². The number of rotatable bonds is 10. The van der Waals surface area contributed by atoms with E-state index in [-0.39, 0.29) is 71.6 Å². The number of carbonyl (C=O) groups excluding carboxylic acids is 2.